The van der Waals surface area contributed by atoms with Gasteiger partial charge in [0.15, 0.2) is 0 Å². The summed E-state index contributed by atoms with van der Waals surface area (Å²) < 4.78 is 1.04. The second-order valence-electron chi connectivity index (χ2n) is 5.88. The summed E-state index contributed by atoms with van der Waals surface area (Å²) in [5.41, 5.74) is 3.02. The van der Waals surface area contributed by atoms with Crippen molar-refractivity contribution in [1.82, 2.24) is 0 Å². The first-order chi connectivity index (χ1) is 8.62. The molecule has 1 nitrogen and oxygen atoms in total. The summed E-state index contributed by atoms with van der Waals surface area (Å²) >= 11 is 0. The van der Waals surface area contributed by atoms with Crippen LogP contribution in [0.15, 0.2) is 49.1 Å². The van der Waals surface area contributed by atoms with Gasteiger partial charge in [0.25, 0.3) is 0 Å². The summed E-state index contributed by atoms with van der Waals surface area (Å²) in [6, 6.07) is 14.0. The minimum atomic E-state index is 0.558. The van der Waals surface area contributed by atoms with Gasteiger partial charge >= 0.3 is 0 Å². The molecule has 0 spiro atoms. The van der Waals surface area contributed by atoms with Crippen molar-refractivity contribution in [3.05, 3.63) is 60.2 Å². The fourth-order valence-electron chi connectivity index (χ4n) is 3.25. The van der Waals surface area contributed by atoms with Crippen molar-refractivity contribution >= 4 is 10.8 Å². The lowest BCUT2D eigenvalue weighted by Crippen LogP contribution is -2.37. The van der Waals surface area contributed by atoms with Gasteiger partial charge in [0.05, 0.1) is 14.1 Å². The minimum Gasteiger partial charge on any atom is -0.318 e. The highest BCUT2D eigenvalue weighted by Gasteiger charge is 2.38. The van der Waals surface area contributed by atoms with Crippen LogP contribution in [0.3, 0.4) is 0 Å². The predicted octanol–water partition coefficient (Wildman–Crippen LogP) is 4.05. The normalized spacial score (nSPS) is 20.9. The Morgan fingerprint density at radius 1 is 1.22 bits per heavy atom. The van der Waals surface area contributed by atoms with Crippen molar-refractivity contribution in [2.45, 2.75) is 19.0 Å². The van der Waals surface area contributed by atoms with E-state index in [0.29, 0.717) is 6.04 Å². The fourth-order valence-corrected chi connectivity index (χ4v) is 3.25. The van der Waals surface area contributed by atoms with E-state index < -0.39 is 0 Å². The lowest BCUT2D eigenvalue weighted by atomic mass is 9.97. The summed E-state index contributed by atoms with van der Waals surface area (Å²) in [7, 11) is 4.64. The average Bonchev–Trinajstić information content (AvgIpc) is 2.58. The molecule has 2 aromatic rings. The Morgan fingerprint density at radius 3 is 2.56 bits per heavy atom. The highest BCUT2D eigenvalue weighted by Crippen LogP contribution is 2.41. The van der Waals surface area contributed by atoms with E-state index in [-0.39, 0.29) is 0 Å². The van der Waals surface area contributed by atoms with Crippen LogP contribution < -0.4 is 0 Å². The maximum absolute atomic E-state index is 3.91. The highest BCUT2D eigenvalue weighted by molar-refractivity contribution is 5.84. The van der Waals surface area contributed by atoms with E-state index in [0.717, 1.165) is 17.4 Å². The van der Waals surface area contributed by atoms with Crippen molar-refractivity contribution in [3.8, 4) is 0 Å². The molecule has 92 valence electrons. The van der Waals surface area contributed by atoms with Crippen LogP contribution in [0.1, 0.15) is 23.6 Å². The molecule has 0 radical (unpaired) electrons. The first kappa shape index (κ1) is 11.5. The van der Waals surface area contributed by atoms with Crippen molar-refractivity contribution < 1.29 is 4.48 Å². The molecule has 0 aliphatic carbocycles. The second-order valence-corrected chi connectivity index (χ2v) is 5.88. The van der Waals surface area contributed by atoms with Crippen molar-refractivity contribution in [1.29, 1.82) is 0 Å². The van der Waals surface area contributed by atoms with Gasteiger partial charge in [-0.05, 0) is 22.9 Å². The molecule has 0 saturated heterocycles. The second kappa shape index (κ2) is 3.96. The Bertz CT molecular complexity index is 610. The van der Waals surface area contributed by atoms with E-state index in [2.05, 4.69) is 63.1 Å². The van der Waals surface area contributed by atoms with Crippen LogP contribution in [0.25, 0.3) is 10.8 Å². The van der Waals surface area contributed by atoms with Gasteiger partial charge in [0, 0.05) is 17.5 Å². The largest absolute Gasteiger partial charge is 0.318 e. The summed E-state index contributed by atoms with van der Waals surface area (Å²) in [6.45, 7) is 5.04. The number of quaternary nitrogens is 1. The van der Waals surface area contributed by atoms with E-state index in [9.17, 15) is 0 Å². The zero-order chi connectivity index (χ0) is 12.8. The molecule has 0 fully saturated rings. The molecule has 3 rings (SSSR count). The Kier molecular flexibility index (Phi) is 2.53. The number of hydrogen-bond donors (Lipinski definition) is 0. The van der Waals surface area contributed by atoms with Gasteiger partial charge in [-0.15, -0.1) is 6.58 Å². The van der Waals surface area contributed by atoms with Gasteiger partial charge < -0.3 is 4.48 Å². The molecular formula is C17H20N+. The quantitative estimate of drug-likeness (QED) is 0.547. The standard InChI is InChI=1S/C17H20N/c1-4-7-17-16-11-14-9-6-5-8-13(14)10-15(16)12-18(17,2)3/h4-6,8-11,17H,1,7,12H2,2-3H3/q+1. The molecule has 1 heteroatoms. The van der Waals surface area contributed by atoms with E-state index >= 15 is 0 Å². The number of fused-ring (bicyclic) bond motifs is 2. The van der Waals surface area contributed by atoms with Gasteiger partial charge in [0.2, 0.25) is 0 Å². The minimum absolute atomic E-state index is 0.558. The van der Waals surface area contributed by atoms with Crippen LogP contribution in [0.4, 0.5) is 0 Å². The van der Waals surface area contributed by atoms with Crippen molar-refractivity contribution in [2.24, 2.45) is 0 Å². The van der Waals surface area contributed by atoms with Crippen LogP contribution in [0.5, 0.6) is 0 Å². The Balaban J connectivity index is 2.19. The monoisotopic (exact) mass is 238 g/mol. The maximum atomic E-state index is 3.91. The fraction of sp³-hybridized carbons (Fsp3) is 0.294. The third kappa shape index (κ3) is 1.67. The number of hydrogen-bond acceptors (Lipinski definition) is 0. The van der Waals surface area contributed by atoms with E-state index in [1.165, 1.54) is 21.9 Å². The molecule has 0 N–H and O–H groups in total. The average molecular weight is 238 g/mol. The molecule has 1 aliphatic rings. The molecule has 0 amide bonds. The Hall–Kier alpha value is -1.60. The summed E-state index contributed by atoms with van der Waals surface area (Å²) in [5, 5.41) is 2.71. The van der Waals surface area contributed by atoms with Crippen molar-refractivity contribution in [2.75, 3.05) is 14.1 Å². The molecule has 1 atom stereocenters. The zero-order valence-corrected chi connectivity index (χ0v) is 11.2. The number of nitrogens with zero attached hydrogens (tertiary/aromatic N) is 1. The summed E-state index contributed by atoms with van der Waals surface area (Å²) in [6.07, 6.45) is 3.10. The van der Waals surface area contributed by atoms with Crippen LogP contribution >= 0.6 is 0 Å². The highest BCUT2D eigenvalue weighted by atomic mass is 15.3. The Labute approximate surface area is 109 Å². The van der Waals surface area contributed by atoms with Crippen LogP contribution in [0.2, 0.25) is 0 Å². The molecule has 2 aromatic carbocycles. The lowest BCUT2D eigenvalue weighted by molar-refractivity contribution is -0.926. The molecule has 0 saturated carbocycles. The molecular weight excluding hydrogens is 218 g/mol. The van der Waals surface area contributed by atoms with E-state index in [4.69, 9.17) is 0 Å². The van der Waals surface area contributed by atoms with Crippen LogP contribution in [-0.4, -0.2) is 18.6 Å². The van der Waals surface area contributed by atoms with Crippen LogP contribution in [0, 0.1) is 0 Å². The SMILES string of the molecule is C=CCC1c2cc3ccccc3cc2C[N+]1(C)C. The van der Waals surface area contributed by atoms with E-state index in [1.54, 1.807) is 0 Å². The summed E-state index contributed by atoms with van der Waals surface area (Å²) in [4.78, 5) is 0. The predicted molar refractivity (Wildman–Crippen MR) is 77.3 cm³/mol. The smallest absolute Gasteiger partial charge is 0.118 e. The van der Waals surface area contributed by atoms with Gasteiger partial charge in [-0.1, -0.05) is 30.3 Å². The van der Waals surface area contributed by atoms with Crippen LogP contribution in [-0.2, 0) is 6.54 Å². The van der Waals surface area contributed by atoms with E-state index in [1.807, 2.05) is 0 Å². The van der Waals surface area contributed by atoms with Gasteiger partial charge in [0.1, 0.15) is 12.6 Å². The van der Waals surface area contributed by atoms with Gasteiger partial charge in [-0.2, -0.15) is 0 Å². The maximum Gasteiger partial charge on any atom is 0.118 e. The Morgan fingerprint density at radius 2 is 1.89 bits per heavy atom. The van der Waals surface area contributed by atoms with Gasteiger partial charge in [-0.25, -0.2) is 0 Å². The van der Waals surface area contributed by atoms with Crippen molar-refractivity contribution in [3.63, 3.8) is 0 Å². The third-order valence-electron chi connectivity index (χ3n) is 4.18. The molecule has 1 unspecified atom stereocenters. The topological polar surface area (TPSA) is 0 Å². The van der Waals surface area contributed by atoms with Gasteiger partial charge in [-0.3, -0.25) is 0 Å². The molecule has 18 heavy (non-hydrogen) atoms. The zero-order valence-electron chi connectivity index (χ0n) is 11.2. The molecule has 0 bridgehead atoms. The number of benzene rings is 2. The molecule has 1 heterocycles. The summed E-state index contributed by atoms with van der Waals surface area (Å²) in [5.74, 6) is 0. The first-order valence-corrected chi connectivity index (χ1v) is 6.57. The number of rotatable bonds is 2. The first-order valence-electron chi connectivity index (χ1n) is 6.57. The third-order valence-corrected chi connectivity index (χ3v) is 4.18. The molecule has 1 aliphatic heterocycles. The lowest BCUT2D eigenvalue weighted by Gasteiger charge is -2.31. The molecule has 0 aromatic heterocycles.